The lowest BCUT2D eigenvalue weighted by molar-refractivity contribution is 0.183. The fourth-order valence-corrected chi connectivity index (χ4v) is 4.99. The summed E-state index contributed by atoms with van der Waals surface area (Å²) in [4.78, 5) is 15.0. The molecular formula is C17H20Br2N4O3S. The first kappa shape index (κ1) is 20.5. The number of carbonyl (C=O) groups excluding carboxylic acids is 1. The third kappa shape index (κ3) is 4.28. The summed E-state index contributed by atoms with van der Waals surface area (Å²) in [5, 5.41) is 19.7. The van der Waals surface area contributed by atoms with Crippen LogP contribution in [0.15, 0.2) is 27.1 Å². The van der Waals surface area contributed by atoms with Crippen molar-refractivity contribution in [1.82, 2.24) is 15.1 Å². The molecule has 2 heterocycles. The Morgan fingerprint density at radius 2 is 2.00 bits per heavy atom. The highest BCUT2D eigenvalue weighted by molar-refractivity contribution is 9.11. The Morgan fingerprint density at radius 3 is 2.56 bits per heavy atom. The molecule has 2 aromatic rings. The van der Waals surface area contributed by atoms with Crippen molar-refractivity contribution in [2.45, 2.75) is 31.9 Å². The monoisotopic (exact) mass is 518 g/mol. The van der Waals surface area contributed by atoms with Crippen molar-refractivity contribution in [3.8, 4) is 5.75 Å². The number of carbonyl (C=O) groups is 1. The van der Waals surface area contributed by atoms with E-state index in [4.69, 9.17) is 4.74 Å². The molecule has 1 aliphatic rings. The molecule has 2 amide bonds. The van der Waals surface area contributed by atoms with Crippen molar-refractivity contribution < 1.29 is 14.6 Å². The number of hydrogen-bond donors (Lipinski definition) is 1. The number of benzene rings is 1. The first-order chi connectivity index (χ1) is 12.7. The Labute approximate surface area is 178 Å². The van der Waals surface area contributed by atoms with Gasteiger partial charge in [-0.05, 0) is 31.5 Å². The smallest absolute Gasteiger partial charge is 0.328 e. The van der Waals surface area contributed by atoms with Crippen LogP contribution in [0.4, 0.5) is 9.93 Å². The van der Waals surface area contributed by atoms with Crippen LogP contribution >= 0.6 is 43.2 Å². The van der Waals surface area contributed by atoms with Gasteiger partial charge < -0.3 is 14.7 Å². The minimum Gasteiger partial charge on any atom is -0.493 e. The summed E-state index contributed by atoms with van der Waals surface area (Å²) in [5.41, 5.74) is -0.371. The van der Waals surface area contributed by atoms with E-state index in [0.717, 1.165) is 26.1 Å². The van der Waals surface area contributed by atoms with Gasteiger partial charge in [-0.25, -0.2) is 9.69 Å². The van der Waals surface area contributed by atoms with Crippen molar-refractivity contribution in [2.75, 3.05) is 25.1 Å². The minimum absolute atomic E-state index is 0.250. The summed E-state index contributed by atoms with van der Waals surface area (Å²) in [6.45, 7) is 4.78. The zero-order chi connectivity index (χ0) is 19.8. The summed E-state index contributed by atoms with van der Waals surface area (Å²) in [7, 11) is 1.65. The molecule has 2 unspecified atom stereocenters. The van der Waals surface area contributed by atoms with Crippen LogP contribution in [0.3, 0.4) is 0 Å². The van der Waals surface area contributed by atoms with E-state index in [2.05, 4.69) is 55.9 Å². The summed E-state index contributed by atoms with van der Waals surface area (Å²) in [6, 6.07) is 5.47. The number of hydrogen-bond acceptors (Lipinski definition) is 6. The van der Waals surface area contributed by atoms with Crippen molar-refractivity contribution in [2.24, 2.45) is 0 Å². The van der Waals surface area contributed by atoms with Crippen LogP contribution in [0.5, 0.6) is 5.75 Å². The normalized spacial score (nSPS) is 19.5. The molecule has 1 aliphatic heterocycles. The molecule has 0 spiro atoms. The fourth-order valence-electron chi connectivity index (χ4n) is 2.65. The highest BCUT2D eigenvalue weighted by atomic mass is 79.9. The van der Waals surface area contributed by atoms with E-state index in [0.29, 0.717) is 11.7 Å². The molecule has 0 aliphatic carbocycles. The van der Waals surface area contributed by atoms with Gasteiger partial charge in [0.2, 0.25) is 5.13 Å². The maximum Gasteiger partial charge on any atom is 0.328 e. The van der Waals surface area contributed by atoms with Gasteiger partial charge in [0.05, 0.1) is 18.6 Å². The lowest BCUT2D eigenvalue weighted by Gasteiger charge is -2.25. The molecule has 27 heavy (non-hydrogen) atoms. The lowest BCUT2D eigenvalue weighted by atomic mass is 9.89. The summed E-state index contributed by atoms with van der Waals surface area (Å²) in [6.07, 6.45) is -0.126. The molecule has 3 rings (SSSR count). The molecule has 0 saturated carbocycles. The van der Waals surface area contributed by atoms with E-state index in [1.54, 1.807) is 7.05 Å². The molecule has 2 atom stereocenters. The average molecular weight is 520 g/mol. The van der Waals surface area contributed by atoms with Gasteiger partial charge in [0.1, 0.15) is 10.8 Å². The predicted molar refractivity (Wildman–Crippen MR) is 111 cm³/mol. The van der Waals surface area contributed by atoms with Gasteiger partial charge in [-0.1, -0.05) is 50.1 Å². The van der Waals surface area contributed by atoms with E-state index >= 15 is 0 Å². The van der Waals surface area contributed by atoms with Crippen LogP contribution in [-0.2, 0) is 5.41 Å². The second kappa shape index (κ2) is 8.02. The summed E-state index contributed by atoms with van der Waals surface area (Å²) in [5.74, 6) is 0.743. The summed E-state index contributed by atoms with van der Waals surface area (Å²) < 4.78 is 7.86. The number of aromatic nitrogens is 2. The Hall–Kier alpha value is -1.23. The Balaban J connectivity index is 1.78. The van der Waals surface area contributed by atoms with Gasteiger partial charge in [0.15, 0.2) is 6.23 Å². The second-order valence-electron chi connectivity index (χ2n) is 6.71. The third-order valence-corrected chi connectivity index (χ3v) is 6.72. The molecule has 146 valence electrons. The van der Waals surface area contributed by atoms with Crippen LogP contribution in [0.1, 0.15) is 25.3 Å². The molecule has 1 N–H and O–H groups in total. The van der Waals surface area contributed by atoms with Crippen LogP contribution < -0.4 is 9.64 Å². The van der Waals surface area contributed by atoms with Crippen molar-refractivity contribution >= 4 is 54.4 Å². The molecule has 1 aromatic carbocycles. The number of aliphatic hydroxyl groups excluding tert-OH is 1. The molecule has 0 bridgehead atoms. The average Bonchev–Trinajstić information content (AvgIpc) is 3.17. The summed E-state index contributed by atoms with van der Waals surface area (Å²) >= 11 is 8.22. The number of anilines is 1. The standard InChI is InChI=1S/C17H20Br2N4O3S/c1-4-17(2,9-26-12-6-10(18)5-11(19)7-12)14-20-21-15(27-14)23-13(24)8-22(3)16(23)25/h5-7,13,24H,4,8-9H2,1-3H3. The number of likely N-dealkylation sites (N-methyl/N-ethyl adjacent to an activating group) is 1. The maximum absolute atomic E-state index is 12.2. The lowest BCUT2D eigenvalue weighted by Crippen LogP contribution is -2.34. The Kier molecular flexibility index (Phi) is 6.09. The van der Waals surface area contributed by atoms with Gasteiger partial charge >= 0.3 is 6.03 Å². The zero-order valence-electron chi connectivity index (χ0n) is 15.1. The first-order valence-corrected chi connectivity index (χ1v) is 10.8. The molecule has 10 heteroatoms. The molecule has 1 saturated heterocycles. The highest BCUT2D eigenvalue weighted by Crippen LogP contribution is 2.36. The molecule has 1 aromatic heterocycles. The van der Waals surface area contributed by atoms with E-state index in [1.165, 1.54) is 21.1 Å². The highest BCUT2D eigenvalue weighted by Gasteiger charge is 2.39. The van der Waals surface area contributed by atoms with Gasteiger partial charge in [-0.15, -0.1) is 10.2 Å². The second-order valence-corrected chi connectivity index (χ2v) is 9.50. The largest absolute Gasteiger partial charge is 0.493 e. The third-order valence-electron chi connectivity index (χ3n) is 4.58. The number of ether oxygens (including phenoxy) is 1. The maximum atomic E-state index is 12.2. The van der Waals surface area contributed by atoms with Crippen LogP contribution in [0.25, 0.3) is 0 Å². The molecule has 0 radical (unpaired) electrons. The Morgan fingerprint density at radius 1 is 1.33 bits per heavy atom. The van der Waals surface area contributed by atoms with E-state index < -0.39 is 6.23 Å². The number of rotatable bonds is 6. The zero-order valence-corrected chi connectivity index (χ0v) is 19.1. The van der Waals surface area contributed by atoms with Gasteiger partial charge in [-0.2, -0.15) is 0 Å². The SMILES string of the molecule is CCC(C)(COc1cc(Br)cc(Br)c1)c1nnc(N2C(=O)N(C)CC2O)s1. The first-order valence-electron chi connectivity index (χ1n) is 8.39. The topological polar surface area (TPSA) is 78.8 Å². The number of amides is 2. The van der Waals surface area contributed by atoms with Gasteiger partial charge in [0.25, 0.3) is 0 Å². The van der Waals surface area contributed by atoms with Crippen LogP contribution in [0.2, 0.25) is 0 Å². The van der Waals surface area contributed by atoms with E-state index in [1.807, 2.05) is 18.2 Å². The fraction of sp³-hybridized carbons (Fsp3) is 0.471. The number of nitrogens with zero attached hydrogens (tertiary/aromatic N) is 4. The van der Waals surface area contributed by atoms with Crippen LogP contribution in [0, 0.1) is 0 Å². The van der Waals surface area contributed by atoms with E-state index in [9.17, 15) is 9.90 Å². The quantitative estimate of drug-likeness (QED) is 0.624. The molecular weight excluding hydrogens is 500 g/mol. The van der Waals surface area contributed by atoms with E-state index in [-0.39, 0.29) is 18.0 Å². The minimum atomic E-state index is -0.911. The van der Waals surface area contributed by atoms with Crippen molar-refractivity contribution in [3.63, 3.8) is 0 Å². The molecule has 1 fully saturated rings. The number of β-amino-alcohol motifs (C(OH)–C–C–N with tert-alkyl or cyclic N) is 1. The Bertz CT molecular complexity index is 829. The number of urea groups is 1. The number of halogens is 2. The van der Waals surface area contributed by atoms with Crippen molar-refractivity contribution in [1.29, 1.82) is 0 Å². The van der Waals surface area contributed by atoms with Crippen LogP contribution in [-0.4, -0.2) is 52.7 Å². The van der Waals surface area contributed by atoms with Crippen molar-refractivity contribution in [3.05, 3.63) is 32.2 Å². The van der Waals surface area contributed by atoms with Gasteiger partial charge in [0, 0.05) is 16.0 Å². The predicted octanol–water partition coefficient (Wildman–Crippen LogP) is 4.00. The van der Waals surface area contributed by atoms with Gasteiger partial charge in [-0.3, -0.25) is 0 Å². The number of aliphatic hydroxyl groups is 1. The molecule has 7 nitrogen and oxygen atoms in total.